The number of nitrogens with one attached hydrogen (secondary N) is 1. The van der Waals surface area contributed by atoms with E-state index in [0.717, 1.165) is 5.56 Å². The molecule has 0 radical (unpaired) electrons. The molecule has 2 amide bonds. The maximum absolute atomic E-state index is 12.1. The van der Waals surface area contributed by atoms with Crippen molar-refractivity contribution in [2.75, 3.05) is 27.8 Å². The van der Waals surface area contributed by atoms with E-state index >= 15 is 0 Å². The minimum Gasteiger partial charge on any atom is -0.493 e. The van der Waals surface area contributed by atoms with E-state index in [9.17, 15) is 9.59 Å². The molecule has 2 atom stereocenters. The predicted molar refractivity (Wildman–Crippen MR) is 90.7 cm³/mol. The second-order valence-electron chi connectivity index (χ2n) is 5.86. The Morgan fingerprint density at radius 1 is 1.21 bits per heavy atom. The summed E-state index contributed by atoms with van der Waals surface area (Å²) < 4.78 is 10.5. The van der Waals surface area contributed by atoms with E-state index < -0.39 is 11.9 Å². The number of rotatable bonds is 8. The first-order valence-corrected chi connectivity index (χ1v) is 7.73. The summed E-state index contributed by atoms with van der Waals surface area (Å²) in [6, 6.07) is 5.20. The predicted octanol–water partition coefficient (Wildman–Crippen LogP) is 2.00. The normalized spacial score (nSPS) is 12.9. The number of nitrogens with zero attached hydrogens (tertiary/aromatic N) is 1. The summed E-state index contributed by atoms with van der Waals surface area (Å²) in [5.74, 6) is -0.240. The molecular formula is C17H26N2O5. The number of hydrogen-bond donors (Lipinski definition) is 2. The lowest BCUT2D eigenvalue weighted by Gasteiger charge is -2.23. The van der Waals surface area contributed by atoms with E-state index in [1.54, 1.807) is 28.2 Å². The van der Waals surface area contributed by atoms with Gasteiger partial charge in [-0.05, 0) is 31.0 Å². The van der Waals surface area contributed by atoms with Crippen LogP contribution in [0, 0.1) is 5.92 Å². The Balaban J connectivity index is 2.60. The molecule has 1 aromatic carbocycles. The van der Waals surface area contributed by atoms with Crippen LogP contribution in [-0.2, 0) is 11.2 Å². The first-order valence-electron chi connectivity index (χ1n) is 7.73. The molecular weight excluding hydrogens is 312 g/mol. The molecule has 2 unspecified atom stereocenters. The molecule has 0 aliphatic carbocycles. The van der Waals surface area contributed by atoms with Crippen molar-refractivity contribution in [1.82, 2.24) is 10.2 Å². The van der Waals surface area contributed by atoms with Crippen LogP contribution in [-0.4, -0.2) is 55.9 Å². The van der Waals surface area contributed by atoms with Crippen molar-refractivity contribution < 1.29 is 24.2 Å². The van der Waals surface area contributed by atoms with Gasteiger partial charge in [-0.15, -0.1) is 0 Å². The number of carboxylic acid groups (broad SMARTS) is 1. The Morgan fingerprint density at radius 3 is 2.38 bits per heavy atom. The fraction of sp³-hybridized carbons (Fsp3) is 0.529. The first-order chi connectivity index (χ1) is 11.3. The summed E-state index contributed by atoms with van der Waals surface area (Å²) >= 11 is 0. The number of carboxylic acids is 1. The Morgan fingerprint density at radius 2 is 1.83 bits per heavy atom. The Kier molecular flexibility index (Phi) is 7.35. The maximum Gasteiger partial charge on any atom is 0.317 e. The van der Waals surface area contributed by atoms with Gasteiger partial charge in [0.05, 0.1) is 20.1 Å². The van der Waals surface area contributed by atoms with Crippen LogP contribution in [0.15, 0.2) is 18.2 Å². The van der Waals surface area contributed by atoms with Gasteiger partial charge >= 0.3 is 12.0 Å². The second kappa shape index (κ2) is 9.00. The molecule has 0 bridgehead atoms. The van der Waals surface area contributed by atoms with Crippen LogP contribution in [0.25, 0.3) is 0 Å². The van der Waals surface area contributed by atoms with Crippen LogP contribution < -0.4 is 14.8 Å². The molecule has 0 aliphatic rings. The summed E-state index contributed by atoms with van der Waals surface area (Å²) in [5.41, 5.74) is 1.00. The summed E-state index contributed by atoms with van der Waals surface area (Å²) in [4.78, 5) is 24.3. The van der Waals surface area contributed by atoms with Crippen LogP contribution in [0.1, 0.15) is 19.4 Å². The minimum absolute atomic E-state index is 0.113. The van der Waals surface area contributed by atoms with Crippen LogP contribution in [0.5, 0.6) is 11.5 Å². The summed E-state index contributed by atoms with van der Waals surface area (Å²) in [7, 11) is 4.73. The van der Waals surface area contributed by atoms with Crippen molar-refractivity contribution in [2.24, 2.45) is 5.92 Å². The molecule has 7 heteroatoms. The average Bonchev–Trinajstić information content (AvgIpc) is 2.54. The molecule has 0 fully saturated rings. The number of hydrogen-bond acceptors (Lipinski definition) is 4. The van der Waals surface area contributed by atoms with Crippen molar-refractivity contribution in [2.45, 2.75) is 26.3 Å². The lowest BCUT2D eigenvalue weighted by molar-refractivity contribution is -0.141. The van der Waals surface area contributed by atoms with Crippen molar-refractivity contribution in [3.63, 3.8) is 0 Å². The Labute approximate surface area is 142 Å². The molecule has 0 aliphatic heterocycles. The number of aliphatic carboxylic acids is 1. The summed E-state index contributed by atoms with van der Waals surface area (Å²) in [6.45, 7) is 3.62. The van der Waals surface area contributed by atoms with E-state index in [0.29, 0.717) is 17.9 Å². The van der Waals surface area contributed by atoms with Gasteiger partial charge in [0, 0.05) is 19.6 Å². The Hall–Kier alpha value is -2.44. The fourth-order valence-electron chi connectivity index (χ4n) is 2.30. The zero-order chi connectivity index (χ0) is 18.3. The van der Waals surface area contributed by atoms with Gasteiger partial charge in [0.15, 0.2) is 11.5 Å². The third-order valence-corrected chi connectivity index (χ3v) is 3.68. The van der Waals surface area contributed by atoms with Crippen molar-refractivity contribution in [1.29, 1.82) is 0 Å². The van der Waals surface area contributed by atoms with Gasteiger partial charge in [-0.1, -0.05) is 13.0 Å². The lowest BCUT2D eigenvalue weighted by atomic mass is 10.1. The maximum atomic E-state index is 12.1. The molecule has 0 heterocycles. The van der Waals surface area contributed by atoms with E-state index in [4.69, 9.17) is 14.6 Å². The highest BCUT2D eigenvalue weighted by Crippen LogP contribution is 2.27. The number of carbonyl (C=O) groups is 2. The minimum atomic E-state index is -0.923. The van der Waals surface area contributed by atoms with Crippen molar-refractivity contribution in [3.8, 4) is 11.5 Å². The molecule has 1 rings (SSSR count). The largest absolute Gasteiger partial charge is 0.493 e. The third-order valence-electron chi connectivity index (χ3n) is 3.68. The van der Waals surface area contributed by atoms with E-state index in [1.165, 1.54) is 4.90 Å². The van der Waals surface area contributed by atoms with Crippen LogP contribution in [0.2, 0.25) is 0 Å². The number of carbonyl (C=O) groups excluding carboxylic acids is 1. The van der Waals surface area contributed by atoms with Crippen molar-refractivity contribution in [3.05, 3.63) is 23.8 Å². The van der Waals surface area contributed by atoms with Gasteiger partial charge in [-0.25, -0.2) is 4.79 Å². The number of benzene rings is 1. The first kappa shape index (κ1) is 19.6. The lowest BCUT2D eigenvalue weighted by Crippen LogP contribution is -2.44. The van der Waals surface area contributed by atoms with Crippen molar-refractivity contribution >= 4 is 12.0 Å². The summed E-state index contributed by atoms with van der Waals surface area (Å²) in [5, 5.41) is 11.8. The zero-order valence-electron chi connectivity index (χ0n) is 14.8. The SMILES string of the molecule is COc1ccc(CC(C)NC(=O)N(C)CC(C)C(=O)O)cc1OC. The second-order valence-corrected chi connectivity index (χ2v) is 5.86. The van der Waals surface area contributed by atoms with Gasteiger partial charge in [0.1, 0.15) is 0 Å². The smallest absolute Gasteiger partial charge is 0.317 e. The van der Waals surface area contributed by atoms with Gasteiger partial charge in [0.25, 0.3) is 0 Å². The fourth-order valence-corrected chi connectivity index (χ4v) is 2.30. The number of methoxy groups -OCH3 is 2. The number of urea groups is 1. The van der Waals surface area contributed by atoms with E-state index in [-0.39, 0.29) is 18.6 Å². The number of amides is 2. The molecule has 0 spiro atoms. The molecule has 7 nitrogen and oxygen atoms in total. The van der Waals surface area contributed by atoms with Gasteiger partial charge < -0.3 is 24.8 Å². The zero-order valence-corrected chi connectivity index (χ0v) is 14.8. The van der Waals surface area contributed by atoms with Gasteiger partial charge in [-0.3, -0.25) is 4.79 Å². The summed E-state index contributed by atoms with van der Waals surface area (Å²) in [6.07, 6.45) is 0.619. The quantitative estimate of drug-likeness (QED) is 0.757. The highest BCUT2D eigenvalue weighted by Gasteiger charge is 2.18. The molecule has 1 aromatic rings. The third kappa shape index (κ3) is 5.64. The standard InChI is InChI=1S/C17H26N2O5/c1-11(16(20)21)10-19(3)17(22)18-12(2)8-13-6-7-14(23-4)15(9-13)24-5/h6-7,9,11-12H,8,10H2,1-5H3,(H,18,22)(H,20,21). The van der Waals surface area contributed by atoms with Crippen LogP contribution in [0.4, 0.5) is 4.79 Å². The van der Waals surface area contributed by atoms with Crippen LogP contribution >= 0.6 is 0 Å². The molecule has 134 valence electrons. The highest BCUT2D eigenvalue weighted by atomic mass is 16.5. The monoisotopic (exact) mass is 338 g/mol. The Bertz CT molecular complexity index is 576. The molecule has 0 saturated carbocycles. The van der Waals surface area contributed by atoms with Crippen LogP contribution in [0.3, 0.4) is 0 Å². The highest BCUT2D eigenvalue weighted by molar-refractivity contribution is 5.76. The van der Waals surface area contributed by atoms with Gasteiger partial charge in [-0.2, -0.15) is 0 Å². The molecule has 0 aromatic heterocycles. The topological polar surface area (TPSA) is 88.1 Å². The van der Waals surface area contributed by atoms with E-state index in [1.807, 2.05) is 25.1 Å². The molecule has 0 saturated heterocycles. The number of ether oxygens (including phenoxy) is 2. The average molecular weight is 338 g/mol. The molecule has 2 N–H and O–H groups in total. The van der Waals surface area contributed by atoms with E-state index in [2.05, 4.69) is 5.32 Å². The molecule has 24 heavy (non-hydrogen) atoms. The van der Waals surface area contributed by atoms with Gasteiger partial charge in [0.2, 0.25) is 0 Å².